The topological polar surface area (TPSA) is 128 Å². The molecule has 10 nitrogen and oxygen atoms in total. The summed E-state index contributed by atoms with van der Waals surface area (Å²) in [6.07, 6.45) is 9.50. The van der Waals surface area contributed by atoms with E-state index in [1.54, 1.807) is 54.7 Å². The lowest BCUT2D eigenvalue weighted by Crippen LogP contribution is -2.30. The molecule has 4 heterocycles. The Kier molecular flexibility index (Phi) is 7.09. The highest BCUT2D eigenvalue weighted by Gasteiger charge is 2.33. The van der Waals surface area contributed by atoms with Gasteiger partial charge in [0.2, 0.25) is 5.91 Å². The molecule has 194 valence electrons. The summed E-state index contributed by atoms with van der Waals surface area (Å²) in [6.45, 7) is 0.977. The van der Waals surface area contributed by atoms with Crippen molar-refractivity contribution in [2.45, 2.75) is 18.9 Å². The molecule has 1 saturated heterocycles. The highest BCUT2D eigenvalue weighted by molar-refractivity contribution is 6.04. The Hall–Kier alpha value is -4.64. The highest BCUT2D eigenvalue weighted by Crippen LogP contribution is 2.36. The molecular formula is C27H26FN7O3. The second-order valence-corrected chi connectivity index (χ2v) is 8.79. The maximum atomic E-state index is 13.4. The fourth-order valence-corrected chi connectivity index (χ4v) is 4.60. The predicted molar refractivity (Wildman–Crippen MR) is 140 cm³/mol. The first-order valence-electron chi connectivity index (χ1n) is 12.1. The van der Waals surface area contributed by atoms with E-state index >= 15 is 0 Å². The molecule has 38 heavy (non-hydrogen) atoms. The van der Waals surface area contributed by atoms with Gasteiger partial charge in [-0.1, -0.05) is 18.2 Å². The lowest BCUT2D eigenvalue weighted by atomic mass is 10.1. The third-order valence-corrected chi connectivity index (χ3v) is 6.35. The Morgan fingerprint density at radius 2 is 2.03 bits per heavy atom. The minimum absolute atomic E-state index is 0.104. The van der Waals surface area contributed by atoms with E-state index in [0.717, 1.165) is 24.5 Å². The minimum atomic E-state index is -0.493. The van der Waals surface area contributed by atoms with Crippen LogP contribution in [0.2, 0.25) is 0 Å². The number of anilines is 2. The smallest absolute Gasteiger partial charge is 0.256 e. The van der Waals surface area contributed by atoms with Gasteiger partial charge in [-0.15, -0.1) is 0 Å². The van der Waals surface area contributed by atoms with Crippen LogP contribution < -0.4 is 11.1 Å². The van der Waals surface area contributed by atoms with Gasteiger partial charge in [0.25, 0.3) is 5.91 Å². The SMILES string of the molecule is COC/C=C/C(=O)N1CCCC1c1nc(-c2ccc(C(=O)Nc3cc(F)ccn3)cc2)c2c(N)nccn12. The quantitative estimate of drug-likeness (QED) is 0.360. The van der Waals surface area contributed by atoms with Crippen LogP contribution in [0.1, 0.15) is 35.1 Å². The van der Waals surface area contributed by atoms with E-state index in [9.17, 15) is 14.0 Å². The molecule has 1 fully saturated rings. The van der Waals surface area contributed by atoms with Crippen LogP contribution in [-0.4, -0.2) is 56.3 Å². The number of fused-ring (bicyclic) bond motifs is 1. The van der Waals surface area contributed by atoms with Gasteiger partial charge in [-0.3, -0.25) is 14.0 Å². The number of nitrogens with zero attached hydrogens (tertiary/aromatic N) is 5. The summed E-state index contributed by atoms with van der Waals surface area (Å²) < 4.78 is 20.3. The van der Waals surface area contributed by atoms with Gasteiger partial charge in [0.1, 0.15) is 34.5 Å². The number of benzene rings is 1. The van der Waals surface area contributed by atoms with Crippen LogP contribution in [0.15, 0.2) is 67.1 Å². The lowest BCUT2D eigenvalue weighted by Gasteiger charge is -2.22. The highest BCUT2D eigenvalue weighted by atomic mass is 19.1. The summed E-state index contributed by atoms with van der Waals surface area (Å²) >= 11 is 0. The maximum Gasteiger partial charge on any atom is 0.256 e. The Labute approximate surface area is 218 Å². The number of likely N-dealkylation sites (tertiary alicyclic amines) is 1. The van der Waals surface area contributed by atoms with E-state index in [4.69, 9.17) is 15.5 Å². The molecule has 3 aromatic heterocycles. The van der Waals surface area contributed by atoms with Crippen molar-refractivity contribution in [2.24, 2.45) is 0 Å². The van der Waals surface area contributed by atoms with Crippen molar-refractivity contribution < 1.29 is 18.7 Å². The van der Waals surface area contributed by atoms with E-state index in [-0.39, 0.29) is 17.8 Å². The number of methoxy groups -OCH3 is 1. The van der Waals surface area contributed by atoms with Gasteiger partial charge >= 0.3 is 0 Å². The van der Waals surface area contributed by atoms with Crippen molar-refractivity contribution >= 4 is 29.0 Å². The monoisotopic (exact) mass is 515 g/mol. The third kappa shape index (κ3) is 4.96. The Morgan fingerprint density at radius 1 is 1.21 bits per heavy atom. The van der Waals surface area contributed by atoms with Crippen LogP contribution >= 0.6 is 0 Å². The number of aromatic nitrogens is 4. The summed E-state index contributed by atoms with van der Waals surface area (Å²) in [7, 11) is 1.57. The molecule has 1 aromatic carbocycles. The summed E-state index contributed by atoms with van der Waals surface area (Å²) in [5.41, 5.74) is 8.59. The number of carbonyl (C=O) groups is 2. The molecule has 1 atom stereocenters. The zero-order chi connectivity index (χ0) is 26.6. The number of pyridine rings is 1. The van der Waals surface area contributed by atoms with Crippen molar-refractivity contribution in [3.63, 3.8) is 0 Å². The van der Waals surface area contributed by atoms with Crippen LogP contribution in [0.5, 0.6) is 0 Å². The largest absolute Gasteiger partial charge is 0.382 e. The van der Waals surface area contributed by atoms with E-state index < -0.39 is 11.7 Å². The van der Waals surface area contributed by atoms with Crippen molar-refractivity contribution in [3.05, 3.63) is 84.3 Å². The number of rotatable bonds is 7. The molecule has 1 unspecified atom stereocenters. The molecule has 1 aliphatic rings. The molecule has 3 N–H and O–H groups in total. The number of carbonyl (C=O) groups excluding carboxylic acids is 2. The van der Waals surface area contributed by atoms with Crippen molar-refractivity contribution in [2.75, 3.05) is 31.3 Å². The number of hydrogen-bond acceptors (Lipinski definition) is 7. The van der Waals surface area contributed by atoms with Crippen LogP contribution in [0.3, 0.4) is 0 Å². The Balaban J connectivity index is 1.46. The van der Waals surface area contributed by atoms with Crippen LogP contribution in [0, 0.1) is 5.82 Å². The summed E-state index contributed by atoms with van der Waals surface area (Å²) in [5, 5.41) is 2.58. The average molecular weight is 516 g/mol. The molecule has 0 spiro atoms. The van der Waals surface area contributed by atoms with Gasteiger partial charge in [0.05, 0.1) is 12.6 Å². The standard InChI is InChI=1S/C27H26FN7O3/c1-38-15-3-5-22(36)34-13-2-4-20(34)26-33-23(24-25(29)31-12-14-35(24)26)17-6-8-18(9-7-17)27(37)32-21-16-19(28)10-11-30-21/h3,5-12,14,16,20H,2,4,13,15H2,1H3,(H2,29,31)(H,30,32,37)/b5-3+. The molecule has 5 rings (SSSR count). The number of nitrogens with one attached hydrogen (secondary N) is 1. The maximum absolute atomic E-state index is 13.4. The van der Waals surface area contributed by atoms with E-state index in [1.807, 2.05) is 4.40 Å². The lowest BCUT2D eigenvalue weighted by molar-refractivity contribution is -0.127. The summed E-state index contributed by atoms with van der Waals surface area (Å²) in [5.74, 6) is 0.0920. The van der Waals surface area contributed by atoms with Crippen molar-refractivity contribution in [1.82, 2.24) is 24.3 Å². The van der Waals surface area contributed by atoms with Gasteiger partial charge in [0.15, 0.2) is 0 Å². The molecule has 1 aliphatic heterocycles. The van der Waals surface area contributed by atoms with Crippen molar-refractivity contribution in [3.8, 4) is 11.3 Å². The summed E-state index contributed by atoms with van der Waals surface area (Å²) in [6, 6.07) is 8.93. The minimum Gasteiger partial charge on any atom is -0.382 e. The van der Waals surface area contributed by atoms with Crippen LogP contribution in [0.25, 0.3) is 16.8 Å². The molecule has 11 heteroatoms. The first-order valence-corrected chi connectivity index (χ1v) is 12.1. The van der Waals surface area contributed by atoms with E-state index in [1.165, 1.54) is 18.3 Å². The number of amides is 2. The predicted octanol–water partition coefficient (Wildman–Crippen LogP) is 3.63. The zero-order valence-electron chi connectivity index (χ0n) is 20.7. The number of nitrogen functional groups attached to an aromatic ring is 1. The Morgan fingerprint density at radius 3 is 2.79 bits per heavy atom. The number of nitrogens with two attached hydrogens (primary N) is 1. The number of ether oxygens (including phenoxy) is 1. The summed E-state index contributed by atoms with van der Waals surface area (Å²) in [4.78, 5) is 40.4. The second-order valence-electron chi connectivity index (χ2n) is 8.79. The van der Waals surface area contributed by atoms with E-state index in [2.05, 4.69) is 15.3 Å². The molecular weight excluding hydrogens is 489 g/mol. The van der Waals surface area contributed by atoms with Crippen molar-refractivity contribution in [1.29, 1.82) is 0 Å². The van der Waals surface area contributed by atoms with Gasteiger partial charge in [-0.25, -0.2) is 19.3 Å². The molecule has 0 aliphatic carbocycles. The van der Waals surface area contributed by atoms with Gasteiger partial charge in [0, 0.05) is 55.5 Å². The molecule has 4 aromatic rings. The Bertz CT molecular complexity index is 1520. The fourth-order valence-electron chi connectivity index (χ4n) is 4.60. The second kappa shape index (κ2) is 10.8. The average Bonchev–Trinajstić information content (AvgIpc) is 3.55. The van der Waals surface area contributed by atoms with E-state index in [0.29, 0.717) is 41.6 Å². The number of imidazole rings is 1. The van der Waals surface area contributed by atoms with Gasteiger partial charge in [-0.05, 0) is 31.0 Å². The first kappa shape index (κ1) is 25.0. The number of hydrogen-bond donors (Lipinski definition) is 2. The zero-order valence-corrected chi connectivity index (χ0v) is 20.7. The molecule has 0 bridgehead atoms. The van der Waals surface area contributed by atoms with Gasteiger partial charge < -0.3 is 20.7 Å². The first-order chi connectivity index (χ1) is 18.5. The molecule has 0 saturated carbocycles. The molecule has 0 radical (unpaired) electrons. The van der Waals surface area contributed by atoms with Gasteiger partial charge in [-0.2, -0.15) is 0 Å². The molecule has 2 amide bonds. The fraction of sp³-hybridized carbons (Fsp3) is 0.222. The van der Waals surface area contributed by atoms with Crippen LogP contribution in [-0.2, 0) is 9.53 Å². The number of halogens is 1. The third-order valence-electron chi connectivity index (χ3n) is 6.35. The van der Waals surface area contributed by atoms with Crippen LogP contribution in [0.4, 0.5) is 16.0 Å². The normalized spacial score (nSPS) is 15.4.